The van der Waals surface area contributed by atoms with Gasteiger partial charge in [0, 0.05) is 29.1 Å². The summed E-state index contributed by atoms with van der Waals surface area (Å²) in [5, 5.41) is 13.3. The van der Waals surface area contributed by atoms with Crippen molar-refractivity contribution in [1.29, 1.82) is 5.41 Å². The molecular formula is C34H27N5. The zero-order chi connectivity index (χ0) is 26.6. The Hall–Kier alpha value is -5.29. The maximum absolute atomic E-state index is 7.58. The lowest BCUT2D eigenvalue weighted by Gasteiger charge is -2.24. The number of nitrogens with one attached hydrogen (secondary N) is 2. The molecule has 188 valence electrons. The summed E-state index contributed by atoms with van der Waals surface area (Å²) in [6.07, 6.45) is 2.48. The molecule has 1 heterocycles. The molecule has 0 aromatic heterocycles. The Morgan fingerprint density at radius 1 is 0.692 bits per heavy atom. The van der Waals surface area contributed by atoms with Crippen molar-refractivity contribution in [3.05, 3.63) is 150 Å². The third kappa shape index (κ3) is 4.74. The summed E-state index contributed by atoms with van der Waals surface area (Å²) < 4.78 is 0. The van der Waals surface area contributed by atoms with Crippen LogP contribution in [0.1, 0.15) is 28.4 Å². The van der Waals surface area contributed by atoms with Crippen molar-refractivity contribution in [2.75, 3.05) is 0 Å². The van der Waals surface area contributed by atoms with Crippen molar-refractivity contribution in [2.45, 2.75) is 6.17 Å². The van der Waals surface area contributed by atoms with E-state index in [1.54, 1.807) is 0 Å². The molecule has 0 aliphatic carbocycles. The second-order valence-corrected chi connectivity index (χ2v) is 9.29. The summed E-state index contributed by atoms with van der Waals surface area (Å²) in [4.78, 5) is 10.1. The molecule has 4 N–H and O–H groups in total. The zero-order valence-electron chi connectivity index (χ0n) is 21.3. The molecular weight excluding hydrogens is 478 g/mol. The summed E-state index contributed by atoms with van der Waals surface area (Å²) in [5.74, 6) is 1.50. The van der Waals surface area contributed by atoms with Gasteiger partial charge in [0.2, 0.25) is 0 Å². The summed E-state index contributed by atoms with van der Waals surface area (Å²) in [7, 11) is 0. The molecule has 0 amide bonds. The molecule has 39 heavy (non-hydrogen) atoms. The monoisotopic (exact) mass is 505 g/mol. The number of amidine groups is 2. The molecule has 1 atom stereocenters. The van der Waals surface area contributed by atoms with Crippen LogP contribution in [0.2, 0.25) is 0 Å². The fraction of sp³-hybridized carbons (Fsp3) is 0.0294. The van der Waals surface area contributed by atoms with Crippen LogP contribution < -0.4 is 11.1 Å². The number of nitrogens with zero attached hydrogens (tertiary/aromatic N) is 2. The van der Waals surface area contributed by atoms with E-state index in [2.05, 4.69) is 78.1 Å². The van der Waals surface area contributed by atoms with Crippen molar-refractivity contribution >= 4 is 34.2 Å². The van der Waals surface area contributed by atoms with Crippen LogP contribution in [0.3, 0.4) is 0 Å². The number of nitrogens with two attached hydrogens (primary N) is 1. The number of fused-ring (bicyclic) bond motifs is 1. The summed E-state index contributed by atoms with van der Waals surface area (Å²) in [6.45, 7) is 0. The average Bonchev–Trinajstić information content (AvgIpc) is 3.02. The molecule has 0 saturated heterocycles. The minimum atomic E-state index is -0.251. The largest absolute Gasteiger partial charge is 0.404 e. The second kappa shape index (κ2) is 10.6. The van der Waals surface area contributed by atoms with Crippen LogP contribution in [0, 0.1) is 5.41 Å². The van der Waals surface area contributed by atoms with Gasteiger partial charge >= 0.3 is 0 Å². The van der Waals surface area contributed by atoms with Gasteiger partial charge in [-0.2, -0.15) is 0 Å². The van der Waals surface area contributed by atoms with E-state index in [4.69, 9.17) is 21.1 Å². The number of rotatable bonds is 6. The minimum Gasteiger partial charge on any atom is -0.404 e. The molecule has 0 radical (unpaired) electrons. The molecule has 0 bridgehead atoms. The van der Waals surface area contributed by atoms with Gasteiger partial charge in [-0.15, -0.1) is 0 Å². The van der Waals surface area contributed by atoms with Crippen LogP contribution in [0.25, 0.3) is 27.5 Å². The predicted molar refractivity (Wildman–Crippen MR) is 162 cm³/mol. The molecule has 5 nitrogen and oxygen atoms in total. The first-order valence-corrected chi connectivity index (χ1v) is 12.8. The van der Waals surface area contributed by atoms with Crippen LogP contribution >= 0.6 is 0 Å². The third-order valence-electron chi connectivity index (χ3n) is 6.93. The Morgan fingerprint density at radius 3 is 1.97 bits per heavy atom. The molecule has 0 saturated carbocycles. The van der Waals surface area contributed by atoms with Crippen molar-refractivity contribution < 1.29 is 0 Å². The van der Waals surface area contributed by atoms with Crippen molar-refractivity contribution in [1.82, 2.24) is 5.32 Å². The highest BCUT2D eigenvalue weighted by molar-refractivity contribution is 6.19. The van der Waals surface area contributed by atoms with Gasteiger partial charge in [-0.25, -0.2) is 9.98 Å². The van der Waals surface area contributed by atoms with Crippen LogP contribution in [-0.2, 0) is 0 Å². The topological polar surface area (TPSA) is 86.6 Å². The van der Waals surface area contributed by atoms with E-state index in [1.165, 1.54) is 12.4 Å². The van der Waals surface area contributed by atoms with Crippen LogP contribution in [0.5, 0.6) is 0 Å². The standard InChI is InChI=1S/C34H27N5/c35-21-27(22-36)23-15-17-24(18-16-23)28-19-20-31(30-14-8-7-13-29(28)30)34-38-32(25-9-3-1-4-10-25)37-33(39-34)26-11-5-2-6-12-26/h1-22,32,35H,36H2,(H,37,38,39)/b27-22+,35-21?. The van der Waals surface area contributed by atoms with E-state index in [-0.39, 0.29) is 6.17 Å². The van der Waals surface area contributed by atoms with Gasteiger partial charge in [-0.3, -0.25) is 0 Å². The first-order chi connectivity index (χ1) is 19.2. The number of hydrogen-bond acceptors (Lipinski definition) is 5. The first kappa shape index (κ1) is 24.1. The quantitative estimate of drug-likeness (QED) is 0.218. The molecule has 1 aliphatic rings. The van der Waals surface area contributed by atoms with Crippen molar-refractivity contribution in [3.63, 3.8) is 0 Å². The Balaban J connectivity index is 1.48. The SMILES string of the molecule is N=C/C(=C\N)c1ccc(-c2ccc(C3=NC(c4ccccc4)NC(c4ccccc4)=N3)c3ccccc23)cc1. The fourth-order valence-electron chi connectivity index (χ4n) is 4.93. The van der Waals surface area contributed by atoms with Crippen LogP contribution in [0.4, 0.5) is 0 Å². The van der Waals surface area contributed by atoms with Crippen LogP contribution in [0.15, 0.2) is 138 Å². The normalized spacial score (nSPS) is 15.3. The number of allylic oxidation sites excluding steroid dienone is 1. The minimum absolute atomic E-state index is 0.251. The van der Waals surface area contributed by atoms with Gasteiger partial charge in [0.05, 0.1) is 0 Å². The van der Waals surface area contributed by atoms with Crippen molar-refractivity contribution in [3.8, 4) is 11.1 Å². The Labute approximate surface area is 227 Å². The van der Waals surface area contributed by atoms with E-state index < -0.39 is 0 Å². The van der Waals surface area contributed by atoms with Gasteiger partial charge in [0.25, 0.3) is 0 Å². The van der Waals surface area contributed by atoms with Gasteiger partial charge in [0.1, 0.15) is 12.0 Å². The van der Waals surface area contributed by atoms with Crippen LogP contribution in [-0.4, -0.2) is 17.9 Å². The maximum Gasteiger partial charge on any atom is 0.160 e. The Kier molecular flexibility index (Phi) is 6.54. The first-order valence-electron chi connectivity index (χ1n) is 12.8. The molecule has 0 spiro atoms. The van der Waals surface area contributed by atoms with E-state index in [9.17, 15) is 0 Å². The van der Waals surface area contributed by atoms with E-state index >= 15 is 0 Å². The number of hydrogen-bond donors (Lipinski definition) is 3. The number of aliphatic imine (C=N–C) groups is 2. The number of benzene rings is 5. The third-order valence-corrected chi connectivity index (χ3v) is 6.93. The molecule has 1 aliphatic heterocycles. The zero-order valence-corrected chi connectivity index (χ0v) is 21.3. The fourth-order valence-corrected chi connectivity index (χ4v) is 4.93. The molecule has 0 fully saturated rings. The Bertz CT molecular complexity index is 1730. The van der Waals surface area contributed by atoms with E-state index in [0.29, 0.717) is 11.4 Å². The highest BCUT2D eigenvalue weighted by Gasteiger charge is 2.22. The highest BCUT2D eigenvalue weighted by Crippen LogP contribution is 2.33. The van der Waals surface area contributed by atoms with Gasteiger partial charge in [0.15, 0.2) is 5.84 Å². The van der Waals surface area contributed by atoms with Crippen molar-refractivity contribution in [2.24, 2.45) is 15.7 Å². The predicted octanol–water partition coefficient (Wildman–Crippen LogP) is 6.95. The molecule has 5 heteroatoms. The lowest BCUT2D eigenvalue weighted by molar-refractivity contribution is 0.674. The Morgan fingerprint density at radius 2 is 1.31 bits per heavy atom. The van der Waals surface area contributed by atoms with E-state index in [1.807, 2.05) is 48.5 Å². The lowest BCUT2D eigenvalue weighted by Crippen LogP contribution is -2.33. The molecule has 1 unspecified atom stereocenters. The summed E-state index contributed by atoms with van der Waals surface area (Å²) in [5.41, 5.74) is 12.6. The van der Waals surface area contributed by atoms with Gasteiger partial charge in [-0.05, 0) is 39.1 Å². The van der Waals surface area contributed by atoms with Gasteiger partial charge < -0.3 is 16.5 Å². The smallest absolute Gasteiger partial charge is 0.160 e. The molecule has 5 aromatic rings. The molecule has 5 aromatic carbocycles. The lowest BCUT2D eigenvalue weighted by atomic mass is 9.93. The highest BCUT2D eigenvalue weighted by atomic mass is 15.2. The molecule has 6 rings (SSSR count). The average molecular weight is 506 g/mol. The van der Waals surface area contributed by atoms with E-state index in [0.717, 1.165) is 50.0 Å². The maximum atomic E-state index is 7.58. The van der Waals surface area contributed by atoms with Gasteiger partial charge in [-0.1, -0.05) is 115 Å². The summed E-state index contributed by atoms with van der Waals surface area (Å²) >= 11 is 0. The summed E-state index contributed by atoms with van der Waals surface area (Å²) in [6, 6.07) is 41.2. The second-order valence-electron chi connectivity index (χ2n) is 9.29.